The lowest BCUT2D eigenvalue weighted by atomic mass is 10.2. The minimum absolute atomic E-state index is 0.149. The number of carbonyl (C=O) groups is 1. The molecule has 0 aliphatic heterocycles. The smallest absolute Gasteiger partial charge is 0.220 e. The molecule has 0 radical (unpaired) electrons. The second kappa shape index (κ2) is 6.18. The van der Waals surface area contributed by atoms with Gasteiger partial charge in [-0.25, -0.2) is 9.97 Å². The lowest BCUT2D eigenvalue weighted by Crippen LogP contribution is -2.25. The highest BCUT2D eigenvalue weighted by Gasteiger charge is 2.28. The second-order valence-corrected chi connectivity index (χ2v) is 6.35. The second-order valence-electron chi connectivity index (χ2n) is 5.99. The molecule has 2 N–H and O–H groups in total. The Kier molecular flexibility index (Phi) is 4.29. The van der Waals surface area contributed by atoms with Crippen LogP contribution in [-0.4, -0.2) is 28.5 Å². The van der Waals surface area contributed by atoms with Crippen LogP contribution in [0.1, 0.15) is 55.8 Å². The fourth-order valence-corrected chi connectivity index (χ4v) is 2.36. The summed E-state index contributed by atoms with van der Waals surface area (Å²) in [5, 5.41) is 6.81. The van der Waals surface area contributed by atoms with Crippen LogP contribution in [0.15, 0.2) is 0 Å². The molecule has 0 spiro atoms. The van der Waals surface area contributed by atoms with Crippen molar-refractivity contribution in [3.05, 3.63) is 16.5 Å². The van der Waals surface area contributed by atoms with Gasteiger partial charge in [0.25, 0.3) is 0 Å². The van der Waals surface area contributed by atoms with Gasteiger partial charge in [0.1, 0.15) is 16.8 Å². The molecule has 2 aliphatic rings. The van der Waals surface area contributed by atoms with Gasteiger partial charge in [0, 0.05) is 30.5 Å². The van der Waals surface area contributed by atoms with Crippen LogP contribution in [0.2, 0.25) is 5.15 Å². The van der Waals surface area contributed by atoms with Crippen LogP contribution in [0.4, 0.5) is 5.82 Å². The molecule has 1 aromatic rings. The third-order valence-electron chi connectivity index (χ3n) is 3.86. The molecule has 0 saturated heterocycles. The first-order valence-electron chi connectivity index (χ1n) is 7.70. The van der Waals surface area contributed by atoms with Gasteiger partial charge in [-0.05, 0) is 39.0 Å². The highest BCUT2D eigenvalue weighted by Crippen LogP contribution is 2.39. The molecule has 2 saturated carbocycles. The van der Waals surface area contributed by atoms with Crippen LogP contribution >= 0.6 is 11.6 Å². The molecule has 1 aromatic heterocycles. The molecule has 0 bridgehead atoms. The molecule has 3 rings (SSSR count). The molecular formula is C15H21ClN4O. The molecular weight excluding hydrogens is 288 g/mol. The maximum Gasteiger partial charge on any atom is 0.220 e. The summed E-state index contributed by atoms with van der Waals surface area (Å²) in [6.07, 6.45) is 5.91. The SMILES string of the molecule is Cc1c(Cl)nc(C2CC2)nc1NCCCC(=O)NC1CC1. The van der Waals surface area contributed by atoms with Gasteiger partial charge in [0.05, 0.1) is 0 Å². The Morgan fingerprint density at radius 2 is 2.05 bits per heavy atom. The molecule has 6 heteroatoms. The zero-order valence-electron chi connectivity index (χ0n) is 12.3. The summed E-state index contributed by atoms with van der Waals surface area (Å²) >= 11 is 6.16. The van der Waals surface area contributed by atoms with Gasteiger partial charge in [0.15, 0.2) is 0 Å². The van der Waals surface area contributed by atoms with Crippen molar-refractivity contribution in [1.82, 2.24) is 15.3 Å². The van der Waals surface area contributed by atoms with E-state index < -0.39 is 0 Å². The van der Waals surface area contributed by atoms with Crippen LogP contribution in [0.3, 0.4) is 0 Å². The van der Waals surface area contributed by atoms with Gasteiger partial charge in [-0.2, -0.15) is 0 Å². The summed E-state index contributed by atoms with van der Waals surface area (Å²) in [6, 6.07) is 0.439. The summed E-state index contributed by atoms with van der Waals surface area (Å²) in [7, 11) is 0. The molecule has 0 atom stereocenters. The van der Waals surface area contributed by atoms with Crippen LogP contribution in [0.25, 0.3) is 0 Å². The van der Waals surface area contributed by atoms with Gasteiger partial charge < -0.3 is 10.6 Å². The van der Waals surface area contributed by atoms with Crippen molar-refractivity contribution in [2.75, 3.05) is 11.9 Å². The van der Waals surface area contributed by atoms with Gasteiger partial charge in [-0.1, -0.05) is 11.6 Å². The summed E-state index contributed by atoms with van der Waals surface area (Å²) in [5.74, 6) is 2.28. The zero-order valence-corrected chi connectivity index (χ0v) is 13.0. The summed E-state index contributed by atoms with van der Waals surface area (Å²) in [5.41, 5.74) is 0.878. The van der Waals surface area contributed by atoms with E-state index in [1.807, 2.05) is 6.92 Å². The molecule has 2 fully saturated rings. The Hall–Kier alpha value is -1.36. The molecule has 1 amide bonds. The van der Waals surface area contributed by atoms with Crippen molar-refractivity contribution in [3.63, 3.8) is 0 Å². The lowest BCUT2D eigenvalue weighted by molar-refractivity contribution is -0.121. The summed E-state index contributed by atoms with van der Waals surface area (Å²) in [4.78, 5) is 20.5. The van der Waals surface area contributed by atoms with Crippen molar-refractivity contribution in [2.45, 2.75) is 57.4 Å². The predicted octanol–water partition coefficient (Wildman–Crippen LogP) is 2.79. The number of nitrogens with one attached hydrogen (secondary N) is 2. The fourth-order valence-electron chi connectivity index (χ4n) is 2.18. The van der Waals surface area contributed by atoms with E-state index in [-0.39, 0.29) is 5.91 Å². The predicted molar refractivity (Wildman–Crippen MR) is 82.6 cm³/mol. The van der Waals surface area contributed by atoms with Gasteiger partial charge in [0.2, 0.25) is 5.91 Å². The van der Waals surface area contributed by atoms with Crippen LogP contribution < -0.4 is 10.6 Å². The number of aromatic nitrogens is 2. The number of amides is 1. The molecule has 0 unspecified atom stereocenters. The Bertz CT molecular complexity index is 541. The van der Waals surface area contributed by atoms with Gasteiger partial charge >= 0.3 is 0 Å². The van der Waals surface area contributed by atoms with Crippen molar-refractivity contribution in [2.24, 2.45) is 0 Å². The highest BCUT2D eigenvalue weighted by atomic mass is 35.5. The van der Waals surface area contributed by atoms with Crippen LogP contribution in [-0.2, 0) is 4.79 Å². The molecule has 0 aromatic carbocycles. The topological polar surface area (TPSA) is 66.9 Å². The van der Waals surface area contributed by atoms with Crippen molar-refractivity contribution < 1.29 is 4.79 Å². The summed E-state index contributed by atoms with van der Waals surface area (Å²) in [6.45, 7) is 2.64. The highest BCUT2D eigenvalue weighted by molar-refractivity contribution is 6.30. The number of carbonyl (C=O) groups excluding carboxylic acids is 1. The maximum atomic E-state index is 11.6. The van der Waals surface area contributed by atoms with Crippen molar-refractivity contribution in [1.29, 1.82) is 0 Å². The first-order valence-corrected chi connectivity index (χ1v) is 8.08. The van der Waals surface area contributed by atoms with Crippen LogP contribution in [0.5, 0.6) is 0 Å². The maximum absolute atomic E-state index is 11.6. The van der Waals surface area contributed by atoms with Gasteiger partial charge in [-0.3, -0.25) is 4.79 Å². The third-order valence-corrected chi connectivity index (χ3v) is 4.23. The van der Waals surface area contributed by atoms with Crippen LogP contribution in [0, 0.1) is 6.92 Å². The molecule has 114 valence electrons. The quantitative estimate of drug-likeness (QED) is 0.600. The third kappa shape index (κ3) is 4.06. The zero-order chi connectivity index (χ0) is 14.8. The summed E-state index contributed by atoms with van der Waals surface area (Å²) < 4.78 is 0. The Morgan fingerprint density at radius 3 is 2.71 bits per heavy atom. The lowest BCUT2D eigenvalue weighted by Gasteiger charge is -2.11. The normalized spacial score (nSPS) is 17.6. The molecule has 5 nitrogen and oxygen atoms in total. The van der Waals surface area contributed by atoms with E-state index in [2.05, 4.69) is 20.6 Å². The number of halogens is 1. The molecule has 2 aliphatic carbocycles. The largest absolute Gasteiger partial charge is 0.370 e. The Morgan fingerprint density at radius 1 is 1.29 bits per heavy atom. The Balaban J connectivity index is 1.48. The van der Waals surface area contributed by atoms with E-state index in [9.17, 15) is 4.79 Å². The first kappa shape index (κ1) is 14.6. The van der Waals surface area contributed by atoms with Crippen molar-refractivity contribution >= 4 is 23.3 Å². The number of nitrogens with zero attached hydrogens (tertiary/aromatic N) is 2. The van der Waals surface area contributed by atoms with E-state index in [1.165, 1.54) is 0 Å². The molecule has 1 heterocycles. The average Bonchev–Trinajstić information content (AvgIpc) is 3.32. The van der Waals surface area contributed by atoms with E-state index in [0.29, 0.717) is 23.5 Å². The number of rotatable bonds is 7. The first-order chi connectivity index (χ1) is 10.1. The van der Waals surface area contributed by atoms with E-state index in [4.69, 9.17) is 11.6 Å². The minimum atomic E-state index is 0.149. The number of hydrogen-bond donors (Lipinski definition) is 2. The number of hydrogen-bond acceptors (Lipinski definition) is 4. The number of anilines is 1. The van der Waals surface area contributed by atoms with E-state index in [0.717, 1.165) is 55.9 Å². The fraction of sp³-hybridized carbons (Fsp3) is 0.667. The van der Waals surface area contributed by atoms with Gasteiger partial charge in [-0.15, -0.1) is 0 Å². The molecule has 21 heavy (non-hydrogen) atoms. The Labute approximate surface area is 129 Å². The minimum Gasteiger partial charge on any atom is -0.370 e. The van der Waals surface area contributed by atoms with E-state index >= 15 is 0 Å². The standard InChI is InChI=1S/C15H21ClN4O/c1-9-13(16)19-15(10-4-5-10)20-14(9)17-8-2-3-12(21)18-11-6-7-11/h10-11H,2-8H2,1H3,(H,18,21)(H,17,19,20). The van der Waals surface area contributed by atoms with E-state index in [1.54, 1.807) is 0 Å². The monoisotopic (exact) mass is 308 g/mol. The average molecular weight is 309 g/mol. The van der Waals surface area contributed by atoms with Crippen molar-refractivity contribution in [3.8, 4) is 0 Å².